The van der Waals surface area contributed by atoms with Crippen LogP contribution in [0.4, 0.5) is 0 Å². The molecule has 2 N–H and O–H groups in total. The van der Waals surface area contributed by atoms with Crippen molar-refractivity contribution in [1.82, 2.24) is 4.90 Å². The number of thioether (sulfide) groups is 1. The van der Waals surface area contributed by atoms with Crippen molar-refractivity contribution in [2.45, 2.75) is 12.2 Å². The molecule has 18 heavy (non-hydrogen) atoms. The molecule has 0 bridgehead atoms. The summed E-state index contributed by atoms with van der Waals surface area (Å²) < 4.78 is 0. The SMILES string of the molecule is CC1CN(C(=O)c2ccc(C#CCN)s2)CCS1. The summed E-state index contributed by atoms with van der Waals surface area (Å²) in [7, 11) is 0. The summed E-state index contributed by atoms with van der Waals surface area (Å²) in [6.45, 7) is 4.19. The van der Waals surface area contributed by atoms with Gasteiger partial charge in [0.25, 0.3) is 5.91 Å². The first-order chi connectivity index (χ1) is 8.70. The lowest BCUT2D eigenvalue weighted by atomic mass is 10.3. The smallest absolute Gasteiger partial charge is 0.264 e. The Balaban J connectivity index is 2.06. The van der Waals surface area contributed by atoms with Gasteiger partial charge in [-0.15, -0.1) is 11.3 Å². The second-order valence-electron chi connectivity index (χ2n) is 4.10. The molecule has 1 unspecified atom stereocenters. The molecule has 1 saturated heterocycles. The van der Waals surface area contributed by atoms with E-state index >= 15 is 0 Å². The number of nitrogens with two attached hydrogens (primary N) is 1. The fourth-order valence-corrected chi connectivity index (χ4v) is 3.68. The Labute approximate surface area is 116 Å². The first-order valence-electron chi connectivity index (χ1n) is 5.90. The van der Waals surface area contributed by atoms with Crippen LogP contribution in [0.2, 0.25) is 0 Å². The Morgan fingerprint density at radius 1 is 1.61 bits per heavy atom. The Hall–Kier alpha value is -0.960. The van der Waals surface area contributed by atoms with Crippen LogP contribution in [-0.2, 0) is 0 Å². The van der Waals surface area contributed by atoms with E-state index in [1.54, 1.807) is 0 Å². The van der Waals surface area contributed by atoms with Crippen LogP contribution in [0.15, 0.2) is 12.1 Å². The molecule has 96 valence electrons. The number of carbonyl (C=O) groups excluding carboxylic acids is 1. The Bertz CT molecular complexity index is 487. The van der Waals surface area contributed by atoms with Crippen LogP contribution in [0.5, 0.6) is 0 Å². The number of amides is 1. The highest BCUT2D eigenvalue weighted by Crippen LogP contribution is 2.22. The summed E-state index contributed by atoms with van der Waals surface area (Å²) >= 11 is 3.37. The molecule has 0 aliphatic carbocycles. The van der Waals surface area contributed by atoms with E-state index in [1.807, 2.05) is 28.8 Å². The lowest BCUT2D eigenvalue weighted by Gasteiger charge is -2.30. The molecule has 1 aromatic rings. The third-order valence-corrected chi connectivity index (χ3v) is 4.78. The van der Waals surface area contributed by atoms with E-state index in [4.69, 9.17) is 5.73 Å². The molecule has 1 aliphatic rings. The second kappa shape index (κ2) is 6.28. The van der Waals surface area contributed by atoms with Gasteiger partial charge in [-0.3, -0.25) is 4.79 Å². The first-order valence-corrected chi connectivity index (χ1v) is 7.77. The number of hydrogen-bond acceptors (Lipinski definition) is 4. The van der Waals surface area contributed by atoms with Gasteiger partial charge >= 0.3 is 0 Å². The minimum Gasteiger partial charge on any atom is -0.336 e. The molecule has 0 aromatic carbocycles. The third kappa shape index (κ3) is 3.29. The Morgan fingerprint density at radius 2 is 2.44 bits per heavy atom. The van der Waals surface area contributed by atoms with Crippen molar-refractivity contribution in [2.75, 3.05) is 25.4 Å². The van der Waals surface area contributed by atoms with Crippen molar-refractivity contribution >= 4 is 29.0 Å². The Kier molecular flexibility index (Phi) is 4.70. The molecule has 1 atom stereocenters. The zero-order valence-electron chi connectivity index (χ0n) is 10.3. The van der Waals surface area contributed by atoms with Gasteiger partial charge in [0.15, 0.2) is 0 Å². The standard InChI is InChI=1S/C13H16N2OS2/c1-10-9-15(7-8-17-10)13(16)12-5-4-11(18-12)3-2-6-14/h4-5,10H,6-9,14H2,1H3. The van der Waals surface area contributed by atoms with Crippen LogP contribution in [0.25, 0.3) is 0 Å². The predicted molar refractivity (Wildman–Crippen MR) is 78.1 cm³/mol. The van der Waals surface area contributed by atoms with Crippen molar-refractivity contribution in [3.63, 3.8) is 0 Å². The molecule has 1 amide bonds. The number of carbonyl (C=O) groups is 1. The van der Waals surface area contributed by atoms with Gasteiger partial charge in [-0.25, -0.2) is 0 Å². The average molecular weight is 280 g/mol. The van der Waals surface area contributed by atoms with Crippen molar-refractivity contribution in [3.05, 3.63) is 21.9 Å². The maximum atomic E-state index is 12.3. The van der Waals surface area contributed by atoms with Crippen molar-refractivity contribution in [2.24, 2.45) is 5.73 Å². The average Bonchev–Trinajstić information content (AvgIpc) is 2.84. The highest BCUT2D eigenvalue weighted by Gasteiger charge is 2.23. The fourth-order valence-electron chi connectivity index (χ4n) is 1.82. The molecule has 1 fully saturated rings. The van der Waals surface area contributed by atoms with E-state index in [0.717, 1.165) is 28.6 Å². The van der Waals surface area contributed by atoms with Gasteiger partial charge in [0.1, 0.15) is 0 Å². The molecule has 0 saturated carbocycles. The molecule has 2 rings (SSSR count). The van der Waals surface area contributed by atoms with Gasteiger partial charge in [0.2, 0.25) is 0 Å². The number of rotatable bonds is 1. The van der Waals surface area contributed by atoms with Gasteiger partial charge < -0.3 is 10.6 Å². The van der Waals surface area contributed by atoms with Gasteiger partial charge in [-0.1, -0.05) is 18.8 Å². The lowest BCUT2D eigenvalue weighted by molar-refractivity contribution is 0.0768. The van der Waals surface area contributed by atoms with Gasteiger partial charge in [-0.2, -0.15) is 11.8 Å². The molecule has 5 heteroatoms. The maximum Gasteiger partial charge on any atom is 0.264 e. The molecule has 1 aliphatic heterocycles. The molecular formula is C13H16N2OS2. The summed E-state index contributed by atoms with van der Waals surface area (Å²) in [5.74, 6) is 6.92. The van der Waals surface area contributed by atoms with E-state index in [9.17, 15) is 4.79 Å². The van der Waals surface area contributed by atoms with Crippen LogP contribution in [0.1, 0.15) is 21.5 Å². The van der Waals surface area contributed by atoms with E-state index in [0.29, 0.717) is 11.8 Å². The molecule has 1 aromatic heterocycles. The van der Waals surface area contributed by atoms with E-state index < -0.39 is 0 Å². The number of hydrogen-bond donors (Lipinski definition) is 1. The molecule has 3 nitrogen and oxygen atoms in total. The fraction of sp³-hybridized carbons (Fsp3) is 0.462. The van der Waals surface area contributed by atoms with Crippen molar-refractivity contribution < 1.29 is 4.79 Å². The van der Waals surface area contributed by atoms with Crippen LogP contribution in [0, 0.1) is 11.8 Å². The quantitative estimate of drug-likeness (QED) is 0.796. The van der Waals surface area contributed by atoms with Crippen molar-refractivity contribution in [3.8, 4) is 11.8 Å². The normalized spacial score (nSPS) is 19.2. The van der Waals surface area contributed by atoms with Crippen LogP contribution in [-0.4, -0.2) is 41.4 Å². The molecule has 2 heterocycles. The zero-order valence-corrected chi connectivity index (χ0v) is 11.9. The summed E-state index contributed by atoms with van der Waals surface area (Å²) in [6.07, 6.45) is 0. The van der Waals surface area contributed by atoms with E-state index in [1.165, 1.54) is 11.3 Å². The minimum atomic E-state index is 0.132. The van der Waals surface area contributed by atoms with Gasteiger partial charge in [0, 0.05) is 24.1 Å². The second-order valence-corrected chi connectivity index (χ2v) is 6.73. The van der Waals surface area contributed by atoms with E-state index in [2.05, 4.69) is 18.8 Å². The van der Waals surface area contributed by atoms with Crippen LogP contribution < -0.4 is 5.73 Å². The van der Waals surface area contributed by atoms with Crippen LogP contribution in [0.3, 0.4) is 0 Å². The Morgan fingerprint density at radius 3 is 3.17 bits per heavy atom. The molecule has 0 radical (unpaired) electrons. The monoisotopic (exact) mass is 280 g/mol. The van der Waals surface area contributed by atoms with Crippen molar-refractivity contribution in [1.29, 1.82) is 0 Å². The topological polar surface area (TPSA) is 46.3 Å². The van der Waals surface area contributed by atoms with Crippen LogP contribution >= 0.6 is 23.1 Å². The number of thiophene rings is 1. The zero-order chi connectivity index (χ0) is 13.0. The van der Waals surface area contributed by atoms with E-state index in [-0.39, 0.29) is 5.91 Å². The minimum absolute atomic E-state index is 0.132. The third-order valence-electron chi connectivity index (χ3n) is 2.66. The first kappa shape index (κ1) is 13.5. The molecular weight excluding hydrogens is 264 g/mol. The summed E-state index contributed by atoms with van der Waals surface area (Å²) in [5.41, 5.74) is 5.33. The lowest BCUT2D eigenvalue weighted by Crippen LogP contribution is -2.40. The number of nitrogens with zero attached hydrogens (tertiary/aromatic N) is 1. The highest BCUT2D eigenvalue weighted by atomic mass is 32.2. The molecule has 0 spiro atoms. The van der Waals surface area contributed by atoms with Gasteiger partial charge in [-0.05, 0) is 12.1 Å². The summed E-state index contributed by atoms with van der Waals surface area (Å²) in [4.78, 5) is 15.9. The largest absolute Gasteiger partial charge is 0.336 e. The summed E-state index contributed by atoms with van der Waals surface area (Å²) in [6, 6.07) is 3.75. The highest BCUT2D eigenvalue weighted by molar-refractivity contribution is 7.99. The predicted octanol–water partition coefficient (Wildman–Crippen LogP) is 1.64. The van der Waals surface area contributed by atoms with Gasteiger partial charge in [0.05, 0.1) is 16.3 Å². The summed E-state index contributed by atoms with van der Waals surface area (Å²) in [5, 5.41) is 0.527. The maximum absolute atomic E-state index is 12.3.